The average molecular weight is 457 g/mol. The van der Waals surface area contributed by atoms with E-state index in [2.05, 4.69) is 15.6 Å². The fraction of sp³-hybridized carbons (Fsp3) is 0.318. The lowest BCUT2D eigenvalue weighted by Crippen LogP contribution is -2.32. The number of hydrogen-bond acceptors (Lipinski definition) is 6. The molecule has 0 saturated carbocycles. The second kappa shape index (κ2) is 10.6. The molecule has 7 nitrogen and oxygen atoms in total. The van der Waals surface area contributed by atoms with E-state index in [-0.39, 0.29) is 23.7 Å². The van der Waals surface area contributed by atoms with Gasteiger partial charge < -0.3 is 15.4 Å². The standard InChI is InChI=1S/C22H24N4O3S2/c27-20(24-13-18-3-1-11-29-18)15-31-22-23-9-10-26(22)17-7-5-16(6-8-17)21(28)25-14-19-4-2-12-30-19/h2,4-10,12,18H,1,3,11,13-15H2,(H,24,27)(H,25,28)/t18-/m1/s1. The fourth-order valence-corrected chi connectivity index (χ4v) is 4.71. The molecule has 2 amide bonds. The number of carbonyl (C=O) groups excluding carboxylic acids is 2. The molecule has 9 heteroatoms. The van der Waals surface area contributed by atoms with Crippen LogP contribution in [0.4, 0.5) is 0 Å². The molecule has 1 fully saturated rings. The van der Waals surface area contributed by atoms with Crippen LogP contribution in [-0.4, -0.2) is 46.4 Å². The summed E-state index contributed by atoms with van der Waals surface area (Å²) in [5.41, 5.74) is 1.48. The minimum Gasteiger partial charge on any atom is -0.376 e. The van der Waals surface area contributed by atoms with E-state index in [9.17, 15) is 9.59 Å². The summed E-state index contributed by atoms with van der Waals surface area (Å²) in [6.45, 7) is 1.86. The first-order chi connectivity index (χ1) is 15.2. The molecular formula is C22H24N4O3S2. The number of benzene rings is 1. The Bertz CT molecular complexity index is 996. The molecule has 31 heavy (non-hydrogen) atoms. The molecule has 0 unspecified atom stereocenters. The van der Waals surface area contributed by atoms with Crippen LogP contribution < -0.4 is 10.6 Å². The summed E-state index contributed by atoms with van der Waals surface area (Å²) in [6, 6.07) is 11.3. The first-order valence-electron chi connectivity index (χ1n) is 10.1. The van der Waals surface area contributed by atoms with Crippen molar-refractivity contribution in [2.24, 2.45) is 0 Å². The van der Waals surface area contributed by atoms with Gasteiger partial charge in [0.15, 0.2) is 5.16 Å². The van der Waals surface area contributed by atoms with Crippen LogP contribution in [0.5, 0.6) is 0 Å². The summed E-state index contributed by atoms with van der Waals surface area (Å²) in [4.78, 5) is 30.0. The van der Waals surface area contributed by atoms with Crippen molar-refractivity contribution in [3.05, 3.63) is 64.6 Å². The molecular weight excluding hydrogens is 432 g/mol. The number of hydrogen-bond donors (Lipinski definition) is 2. The van der Waals surface area contributed by atoms with Gasteiger partial charge in [-0.15, -0.1) is 11.3 Å². The summed E-state index contributed by atoms with van der Waals surface area (Å²) in [5.74, 6) is 0.142. The highest BCUT2D eigenvalue weighted by Gasteiger charge is 2.16. The van der Waals surface area contributed by atoms with Gasteiger partial charge in [0, 0.05) is 41.7 Å². The zero-order chi connectivity index (χ0) is 21.5. The number of aromatic nitrogens is 2. The van der Waals surface area contributed by atoms with Gasteiger partial charge in [-0.3, -0.25) is 14.2 Å². The molecule has 1 aromatic carbocycles. The van der Waals surface area contributed by atoms with Gasteiger partial charge in [-0.1, -0.05) is 17.8 Å². The molecule has 0 bridgehead atoms. The topological polar surface area (TPSA) is 85.2 Å². The number of imidazole rings is 1. The Kier molecular flexibility index (Phi) is 7.39. The van der Waals surface area contributed by atoms with Crippen LogP contribution in [0.2, 0.25) is 0 Å². The molecule has 1 saturated heterocycles. The van der Waals surface area contributed by atoms with E-state index in [0.29, 0.717) is 18.7 Å². The first kappa shape index (κ1) is 21.6. The highest BCUT2D eigenvalue weighted by atomic mass is 32.2. The Labute approximate surface area is 189 Å². The smallest absolute Gasteiger partial charge is 0.251 e. The molecule has 3 heterocycles. The van der Waals surface area contributed by atoms with E-state index >= 15 is 0 Å². The number of amides is 2. The Hall–Kier alpha value is -2.62. The number of ether oxygens (including phenoxy) is 1. The zero-order valence-corrected chi connectivity index (χ0v) is 18.6. The third kappa shape index (κ3) is 5.96. The number of rotatable bonds is 9. The molecule has 1 atom stereocenters. The highest BCUT2D eigenvalue weighted by molar-refractivity contribution is 7.99. The summed E-state index contributed by atoms with van der Waals surface area (Å²) in [7, 11) is 0. The molecule has 3 aromatic rings. The van der Waals surface area contributed by atoms with Crippen LogP contribution in [0.15, 0.2) is 59.3 Å². The largest absolute Gasteiger partial charge is 0.376 e. The van der Waals surface area contributed by atoms with Crippen LogP contribution in [0.3, 0.4) is 0 Å². The number of nitrogens with zero attached hydrogens (tertiary/aromatic N) is 2. The van der Waals surface area contributed by atoms with Gasteiger partial charge in [0.1, 0.15) is 0 Å². The molecule has 0 aliphatic carbocycles. The van der Waals surface area contributed by atoms with Crippen molar-refractivity contribution in [2.75, 3.05) is 18.9 Å². The van der Waals surface area contributed by atoms with Gasteiger partial charge in [-0.05, 0) is 48.6 Å². The number of thioether (sulfide) groups is 1. The van der Waals surface area contributed by atoms with Crippen LogP contribution in [0, 0.1) is 0 Å². The lowest BCUT2D eigenvalue weighted by molar-refractivity contribution is -0.119. The van der Waals surface area contributed by atoms with E-state index in [0.717, 1.165) is 35.2 Å². The van der Waals surface area contributed by atoms with E-state index in [1.165, 1.54) is 11.8 Å². The Morgan fingerprint density at radius 3 is 2.84 bits per heavy atom. The lowest BCUT2D eigenvalue weighted by atomic mass is 10.2. The maximum Gasteiger partial charge on any atom is 0.251 e. The predicted molar refractivity (Wildman–Crippen MR) is 122 cm³/mol. The van der Waals surface area contributed by atoms with Crippen LogP contribution >= 0.6 is 23.1 Å². The normalized spacial score (nSPS) is 15.7. The van der Waals surface area contributed by atoms with E-state index in [1.54, 1.807) is 29.7 Å². The minimum absolute atomic E-state index is 0.0344. The van der Waals surface area contributed by atoms with Crippen LogP contribution in [0.25, 0.3) is 5.69 Å². The Morgan fingerprint density at radius 1 is 1.23 bits per heavy atom. The van der Waals surface area contributed by atoms with Gasteiger partial charge >= 0.3 is 0 Å². The average Bonchev–Trinajstić information content (AvgIpc) is 3.57. The molecule has 2 N–H and O–H groups in total. The third-order valence-corrected chi connectivity index (χ3v) is 6.74. The molecule has 1 aliphatic heterocycles. The Balaban J connectivity index is 1.30. The summed E-state index contributed by atoms with van der Waals surface area (Å²) >= 11 is 2.99. The second-order valence-corrected chi connectivity index (χ2v) is 9.09. The summed E-state index contributed by atoms with van der Waals surface area (Å²) < 4.78 is 7.43. The number of carbonyl (C=O) groups is 2. The maximum absolute atomic E-state index is 12.4. The molecule has 162 valence electrons. The molecule has 0 radical (unpaired) electrons. The van der Waals surface area contributed by atoms with Crippen molar-refractivity contribution >= 4 is 34.9 Å². The van der Waals surface area contributed by atoms with Crippen molar-refractivity contribution in [3.63, 3.8) is 0 Å². The molecule has 1 aliphatic rings. The monoisotopic (exact) mass is 456 g/mol. The van der Waals surface area contributed by atoms with Gasteiger partial charge in [-0.25, -0.2) is 4.98 Å². The summed E-state index contributed by atoms with van der Waals surface area (Å²) in [5, 5.41) is 8.56. The van der Waals surface area contributed by atoms with Crippen molar-refractivity contribution in [1.29, 1.82) is 0 Å². The van der Waals surface area contributed by atoms with Gasteiger partial charge in [-0.2, -0.15) is 0 Å². The molecule has 4 rings (SSSR count). The van der Waals surface area contributed by atoms with E-state index in [1.807, 2.05) is 40.4 Å². The second-order valence-electron chi connectivity index (χ2n) is 7.12. The maximum atomic E-state index is 12.4. The first-order valence-corrected chi connectivity index (χ1v) is 12.0. The summed E-state index contributed by atoms with van der Waals surface area (Å²) in [6.07, 6.45) is 5.74. The SMILES string of the molecule is O=C(CSc1nccn1-c1ccc(C(=O)NCc2cccs2)cc1)NC[C@H]1CCCO1. The van der Waals surface area contributed by atoms with E-state index < -0.39 is 0 Å². The van der Waals surface area contributed by atoms with Crippen molar-refractivity contribution < 1.29 is 14.3 Å². The lowest BCUT2D eigenvalue weighted by Gasteiger charge is -2.11. The van der Waals surface area contributed by atoms with Crippen LogP contribution in [-0.2, 0) is 16.1 Å². The Morgan fingerprint density at radius 2 is 2.10 bits per heavy atom. The van der Waals surface area contributed by atoms with Gasteiger partial charge in [0.25, 0.3) is 5.91 Å². The van der Waals surface area contributed by atoms with E-state index in [4.69, 9.17) is 4.74 Å². The molecule has 0 spiro atoms. The molecule has 2 aromatic heterocycles. The van der Waals surface area contributed by atoms with Gasteiger partial charge in [0.2, 0.25) is 5.91 Å². The zero-order valence-electron chi connectivity index (χ0n) is 17.0. The number of nitrogens with one attached hydrogen (secondary N) is 2. The quantitative estimate of drug-likeness (QED) is 0.483. The van der Waals surface area contributed by atoms with Crippen LogP contribution in [0.1, 0.15) is 28.1 Å². The predicted octanol–water partition coefficient (Wildman–Crippen LogP) is 3.25. The van der Waals surface area contributed by atoms with Crippen molar-refractivity contribution in [3.8, 4) is 5.69 Å². The fourth-order valence-electron chi connectivity index (χ4n) is 3.26. The van der Waals surface area contributed by atoms with Crippen molar-refractivity contribution in [2.45, 2.75) is 30.6 Å². The van der Waals surface area contributed by atoms with Crippen molar-refractivity contribution in [1.82, 2.24) is 20.2 Å². The number of thiophene rings is 1. The minimum atomic E-state index is -0.108. The third-order valence-electron chi connectivity index (χ3n) is 4.90. The highest BCUT2D eigenvalue weighted by Crippen LogP contribution is 2.21. The van der Waals surface area contributed by atoms with Gasteiger partial charge in [0.05, 0.1) is 18.4 Å².